The number of nitrogens with one attached hydrogen (secondary N) is 1. The van der Waals surface area contributed by atoms with Crippen molar-refractivity contribution in [1.82, 2.24) is 20.0 Å². The highest BCUT2D eigenvalue weighted by molar-refractivity contribution is 6.01. The molecule has 1 N–H and O–H groups in total. The summed E-state index contributed by atoms with van der Waals surface area (Å²) in [6, 6.07) is 7.41. The first-order valence-electron chi connectivity index (χ1n) is 16.6. The van der Waals surface area contributed by atoms with Crippen molar-refractivity contribution in [2.24, 2.45) is 17.3 Å². The lowest BCUT2D eigenvalue weighted by Gasteiger charge is -2.47. The van der Waals surface area contributed by atoms with E-state index in [4.69, 9.17) is 0 Å². The van der Waals surface area contributed by atoms with Crippen molar-refractivity contribution in [1.29, 1.82) is 0 Å². The Labute approximate surface area is 250 Å². The van der Waals surface area contributed by atoms with E-state index < -0.39 is 0 Å². The summed E-state index contributed by atoms with van der Waals surface area (Å²) in [7, 11) is 0. The number of imide groups is 1. The van der Waals surface area contributed by atoms with E-state index in [0.29, 0.717) is 29.7 Å². The maximum Gasteiger partial charge on any atom is 0.253 e. The normalized spacial score (nSPS) is 26.3. The van der Waals surface area contributed by atoms with Gasteiger partial charge in [-0.3, -0.25) is 29.4 Å². The SMILES string of the molecule is O=C1CCC(c2ccc(C(=O)N3CCC4(CCC(CN5CCN(C(=O)C6CCCCC6)CC5)CC4)CC3)cc2)C(=O)N1. The van der Waals surface area contributed by atoms with E-state index in [1.807, 2.05) is 29.2 Å². The molecule has 0 aromatic heterocycles. The number of likely N-dealkylation sites (tertiary alicyclic amines) is 1. The number of carbonyl (C=O) groups excluding carboxylic acids is 4. The Hall–Kier alpha value is -2.74. The van der Waals surface area contributed by atoms with Crippen LogP contribution in [0.4, 0.5) is 0 Å². The molecule has 42 heavy (non-hydrogen) atoms. The van der Waals surface area contributed by atoms with Crippen molar-refractivity contribution in [2.75, 3.05) is 45.8 Å². The molecule has 5 fully saturated rings. The van der Waals surface area contributed by atoms with Gasteiger partial charge in [-0.05, 0) is 86.8 Å². The van der Waals surface area contributed by atoms with Crippen LogP contribution < -0.4 is 5.32 Å². The lowest BCUT2D eigenvalue weighted by Crippen LogP contribution is -2.51. The topological polar surface area (TPSA) is 90.0 Å². The number of piperidine rings is 2. The molecule has 8 heteroatoms. The zero-order valence-electron chi connectivity index (χ0n) is 25.2. The second-order valence-electron chi connectivity index (χ2n) is 13.8. The first kappa shape index (κ1) is 29.3. The number of hydrogen-bond donors (Lipinski definition) is 1. The van der Waals surface area contributed by atoms with Crippen LogP contribution in [0.25, 0.3) is 0 Å². The predicted molar refractivity (Wildman–Crippen MR) is 161 cm³/mol. The number of benzene rings is 1. The third kappa shape index (κ3) is 6.58. The third-order valence-electron chi connectivity index (χ3n) is 11.2. The van der Waals surface area contributed by atoms with E-state index in [1.54, 1.807) is 0 Å². The second kappa shape index (κ2) is 12.9. The first-order valence-corrected chi connectivity index (χ1v) is 16.6. The highest BCUT2D eigenvalue weighted by atomic mass is 16.2. The van der Waals surface area contributed by atoms with Gasteiger partial charge in [0.2, 0.25) is 17.7 Å². The van der Waals surface area contributed by atoms with Crippen molar-refractivity contribution in [2.45, 2.75) is 89.4 Å². The highest BCUT2D eigenvalue weighted by Gasteiger charge is 2.40. The molecule has 2 saturated carbocycles. The Morgan fingerprint density at radius 1 is 0.762 bits per heavy atom. The molecule has 0 bridgehead atoms. The minimum absolute atomic E-state index is 0.0782. The average Bonchev–Trinajstić information content (AvgIpc) is 3.03. The summed E-state index contributed by atoms with van der Waals surface area (Å²) in [5, 5.41) is 2.42. The fraction of sp³-hybridized carbons (Fsp3) is 0.706. The number of piperazine rings is 1. The molecular weight excluding hydrogens is 528 g/mol. The molecule has 3 saturated heterocycles. The highest BCUT2D eigenvalue weighted by Crippen LogP contribution is 2.46. The molecule has 5 aliphatic rings. The van der Waals surface area contributed by atoms with Crippen LogP contribution in [0.1, 0.15) is 105 Å². The van der Waals surface area contributed by atoms with Gasteiger partial charge in [-0.15, -0.1) is 0 Å². The maximum atomic E-state index is 13.3. The van der Waals surface area contributed by atoms with Gasteiger partial charge in [-0.25, -0.2) is 0 Å². The van der Waals surface area contributed by atoms with E-state index in [2.05, 4.69) is 15.1 Å². The zero-order chi connectivity index (χ0) is 29.1. The van der Waals surface area contributed by atoms with Crippen LogP contribution in [-0.2, 0) is 14.4 Å². The summed E-state index contributed by atoms with van der Waals surface area (Å²) >= 11 is 0. The minimum Gasteiger partial charge on any atom is -0.340 e. The Bertz CT molecular complexity index is 1130. The van der Waals surface area contributed by atoms with Crippen LogP contribution in [0.3, 0.4) is 0 Å². The molecule has 2 aliphatic carbocycles. The molecule has 3 aliphatic heterocycles. The van der Waals surface area contributed by atoms with Crippen molar-refractivity contribution >= 4 is 23.6 Å². The molecule has 0 radical (unpaired) electrons. The molecule has 1 unspecified atom stereocenters. The van der Waals surface area contributed by atoms with E-state index in [1.165, 1.54) is 51.5 Å². The zero-order valence-corrected chi connectivity index (χ0v) is 25.2. The molecule has 4 amide bonds. The molecule has 1 atom stereocenters. The van der Waals surface area contributed by atoms with E-state index in [9.17, 15) is 19.2 Å². The number of hydrogen-bond acceptors (Lipinski definition) is 5. The van der Waals surface area contributed by atoms with Gasteiger partial charge in [-0.2, -0.15) is 0 Å². The van der Waals surface area contributed by atoms with Crippen LogP contribution in [0.2, 0.25) is 0 Å². The van der Waals surface area contributed by atoms with Crippen LogP contribution in [0, 0.1) is 17.3 Å². The van der Waals surface area contributed by atoms with Crippen LogP contribution in [0.5, 0.6) is 0 Å². The van der Waals surface area contributed by atoms with Gasteiger partial charge in [0.15, 0.2) is 0 Å². The fourth-order valence-electron chi connectivity index (χ4n) is 8.33. The summed E-state index contributed by atoms with van der Waals surface area (Å²) in [4.78, 5) is 56.6. The summed E-state index contributed by atoms with van der Waals surface area (Å²) in [6.45, 7) is 6.63. The summed E-state index contributed by atoms with van der Waals surface area (Å²) in [5.74, 6) is 0.752. The van der Waals surface area contributed by atoms with Gasteiger partial charge in [0.1, 0.15) is 0 Å². The largest absolute Gasteiger partial charge is 0.340 e. The van der Waals surface area contributed by atoms with E-state index in [-0.39, 0.29) is 29.6 Å². The monoisotopic (exact) mass is 576 g/mol. The summed E-state index contributed by atoms with van der Waals surface area (Å²) < 4.78 is 0. The standard InChI is InChI=1S/C34H48N4O4/c39-30-11-10-29(31(40)35-30)26-6-8-28(9-7-26)33(42)37-18-16-34(17-19-37)14-12-25(13-15-34)24-36-20-22-38(23-21-36)32(41)27-4-2-1-3-5-27/h6-9,25,27,29H,1-5,10-24H2,(H,35,39,40). The Balaban J connectivity index is 0.920. The van der Waals surface area contributed by atoms with E-state index >= 15 is 0 Å². The summed E-state index contributed by atoms with van der Waals surface area (Å²) in [6.07, 6.45) is 14.0. The van der Waals surface area contributed by atoms with Gasteiger partial charge in [0.25, 0.3) is 5.91 Å². The van der Waals surface area contributed by atoms with Gasteiger partial charge in [0, 0.05) is 63.7 Å². The Morgan fingerprint density at radius 3 is 2.07 bits per heavy atom. The predicted octanol–water partition coefficient (Wildman–Crippen LogP) is 4.34. The fourth-order valence-corrected chi connectivity index (χ4v) is 8.33. The maximum absolute atomic E-state index is 13.3. The van der Waals surface area contributed by atoms with Gasteiger partial charge >= 0.3 is 0 Å². The minimum atomic E-state index is -0.322. The van der Waals surface area contributed by atoms with E-state index in [0.717, 1.165) is 76.4 Å². The van der Waals surface area contributed by atoms with Gasteiger partial charge < -0.3 is 9.80 Å². The van der Waals surface area contributed by atoms with Crippen molar-refractivity contribution in [3.8, 4) is 0 Å². The van der Waals surface area contributed by atoms with Crippen molar-refractivity contribution < 1.29 is 19.2 Å². The van der Waals surface area contributed by atoms with Gasteiger partial charge in [-0.1, -0.05) is 31.4 Å². The Morgan fingerprint density at radius 2 is 1.43 bits per heavy atom. The Kier molecular flexibility index (Phi) is 8.98. The van der Waals surface area contributed by atoms with Crippen LogP contribution in [0.15, 0.2) is 24.3 Å². The molecule has 6 rings (SSSR count). The number of amides is 4. The molecule has 1 aromatic carbocycles. The number of nitrogens with zero attached hydrogens (tertiary/aromatic N) is 3. The molecule has 1 spiro atoms. The first-order chi connectivity index (χ1) is 20.4. The quantitative estimate of drug-likeness (QED) is 0.527. The number of carbonyl (C=O) groups is 4. The number of rotatable bonds is 5. The lowest BCUT2D eigenvalue weighted by molar-refractivity contribution is -0.138. The van der Waals surface area contributed by atoms with Crippen LogP contribution >= 0.6 is 0 Å². The molecule has 1 aromatic rings. The molecule has 3 heterocycles. The summed E-state index contributed by atoms with van der Waals surface area (Å²) in [5.41, 5.74) is 1.92. The average molecular weight is 577 g/mol. The third-order valence-corrected chi connectivity index (χ3v) is 11.2. The van der Waals surface area contributed by atoms with Gasteiger partial charge in [0.05, 0.1) is 5.92 Å². The molecule has 228 valence electrons. The smallest absolute Gasteiger partial charge is 0.253 e. The van der Waals surface area contributed by atoms with Crippen molar-refractivity contribution in [3.05, 3.63) is 35.4 Å². The molecule has 8 nitrogen and oxygen atoms in total. The lowest BCUT2D eigenvalue weighted by atomic mass is 9.65. The second-order valence-corrected chi connectivity index (χ2v) is 13.8. The molecular formula is C34H48N4O4. The van der Waals surface area contributed by atoms with Crippen LogP contribution in [-0.4, -0.2) is 84.1 Å². The van der Waals surface area contributed by atoms with Crippen molar-refractivity contribution in [3.63, 3.8) is 0 Å².